The molecular formula is C10H16N4O3. The van der Waals surface area contributed by atoms with Gasteiger partial charge in [0.2, 0.25) is 5.91 Å². The van der Waals surface area contributed by atoms with Crippen LogP contribution in [0.15, 0.2) is 6.20 Å². The fourth-order valence-electron chi connectivity index (χ4n) is 1.31. The summed E-state index contributed by atoms with van der Waals surface area (Å²) in [7, 11) is 1.69. The number of carboxylic acids is 1. The van der Waals surface area contributed by atoms with Crippen LogP contribution in [-0.4, -0.2) is 50.5 Å². The summed E-state index contributed by atoms with van der Waals surface area (Å²) in [5.74, 6) is -1.31. The Kier molecular flexibility index (Phi) is 4.62. The standard InChI is InChI=1S/C10H16N4O3/c1-3-4-5-13(2)9(15)7-14-8(10(16)17)6-11-12-14/h6H,3-5,7H2,1-2H3,(H,16,17). The molecule has 1 amide bonds. The Morgan fingerprint density at radius 2 is 2.24 bits per heavy atom. The van der Waals surface area contributed by atoms with Crippen LogP contribution in [0.3, 0.4) is 0 Å². The second-order valence-electron chi connectivity index (χ2n) is 3.75. The number of carbonyl (C=O) groups is 2. The highest BCUT2D eigenvalue weighted by Gasteiger charge is 2.16. The van der Waals surface area contributed by atoms with Crippen LogP contribution in [0.4, 0.5) is 0 Å². The van der Waals surface area contributed by atoms with E-state index in [0.29, 0.717) is 6.54 Å². The molecule has 1 rings (SSSR count). The third-order valence-corrected chi connectivity index (χ3v) is 2.39. The molecule has 0 atom stereocenters. The van der Waals surface area contributed by atoms with Gasteiger partial charge >= 0.3 is 5.97 Å². The Bertz CT molecular complexity index is 402. The molecule has 1 aromatic heterocycles. The van der Waals surface area contributed by atoms with Gasteiger partial charge in [-0.05, 0) is 6.42 Å². The minimum Gasteiger partial charge on any atom is -0.476 e. The third kappa shape index (κ3) is 3.54. The van der Waals surface area contributed by atoms with E-state index in [-0.39, 0.29) is 18.1 Å². The predicted molar refractivity (Wildman–Crippen MR) is 59.5 cm³/mol. The van der Waals surface area contributed by atoms with Gasteiger partial charge < -0.3 is 10.0 Å². The summed E-state index contributed by atoms with van der Waals surface area (Å²) in [6, 6.07) is 0. The summed E-state index contributed by atoms with van der Waals surface area (Å²) in [4.78, 5) is 24.1. The topological polar surface area (TPSA) is 88.3 Å². The Hall–Kier alpha value is -1.92. The summed E-state index contributed by atoms with van der Waals surface area (Å²) < 4.78 is 1.09. The summed E-state index contributed by atoms with van der Waals surface area (Å²) in [5, 5.41) is 15.9. The molecule has 7 nitrogen and oxygen atoms in total. The van der Waals surface area contributed by atoms with Gasteiger partial charge in [0.05, 0.1) is 6.20 Å². The molecular weight excluding hydrogens is 224 g/mol. The monoisotopic (exact) mass is 240 g/mol. The van der Waals surface area contributed by atoms with Gasteiger partial charge in [0.1, 0.15) is 6.54 Å². The molecule has 0 bridgehead atoms. The highest BCUT2D eigenvalue weighted by Crippen LogP contribution is 1.99. The van der Waals surface area contributed by atoms with E-state index in [9.17, 15) is 9.59 Å². The van der Waals surface area contributed by atoms with Gasteiger partial charge in [-0.3, -0.25) is 4.79 Å². The van der Waals surface area contributed by atoms with Crippen LogP contribution in [-0.2, 0) is 11.3 Å². The lowest BCUT2D eigenvalue weighted by molar-refractivity contribution is -0.130. The van der Waals surface area contributed by atoms with Crippen molar-refractivity contribution in [2.75, 3.05) is 13.6 Å². The summed E-state index contributed by atoms with van der Waals surface area (Å²) in [6.07, 6.45) is 3.05. The number of amides is 1. The van der Waals surface area contributed by atoms with Crippen LogP contribution >= 0.6 is 0 Å². The Balaban J connectivity index is 2.61. The van der Waals surface area contributed by atoms with Gasteiger partial charge in [0.15, 0.2) is 5.69 Å². The lowest BCUT2D eigenvalue weighted by Gasteiger charge is -2.16. The van der Waals surface area contributed by atoms with Gasteiger partial charge in [0.25, 0.3) is 0 Å². The first-order valence-electron chi connectivity index (χ1n) is 5.42. The van der Waals surface area contributed by atoms with Gasteiger partial charge in [0, 0.05) is 13.6 Å². The number of rotatable bonds is 6. The number of unbranched alkanes of at least 4 members (excludes halogenated alkanes) is 1. The summed E-state index contributed by atoms with van der Waals surface area (Å²) >= 11 is 0. The fourth-order valence-corrected chi connectivity index (χ4v) is 1.31. The molecule has 1 N–H and O–H groups in total. The highest BCUT2D eigenvalue weighted by atomic mass is 16.4. The Morgan fingerprint density at radius 3 is 2.82 bits per heavy atom. The smallest absolute Gasteiger partial charge is 0.355 e. The van der Waals surface area contributed by atoms with Crippen molar-refractivity contribution in [3.8, 4) is 0 Å². The van der Waals surface area contributed by atoms with Crippen molar-refractivity contribution in [1.82, 2.24) is 19.9 Å². The molecule has 0 radical (unpaired) electrons. The molecule has 7 heteroatoms. The maximum atomic E-state index is 11.7. The molecule has 1 aromatic rings. The average molecular weight is 240 g/mol. The molecule has 0 unspecified atom stereocenters. The molecule has 0 aromatic carbocycles. The second-order valence-corrected chi connectivity index (χ2v) is 3.75. The van der Waals surface area contributed by atoms with E-state index in [1.807, 2.05) is 6.92 Å². The van der Waals surface area contributed by atoms with Crippen LogP contribution in [0.2, 0.25) is 0 Å². The molecule has 0 fully saturated rings. The molecule has 0 saturated carbocycles. The van der Waals surface area contributed by atoms with Gasteiger partial charge in [-0.1, -0.05) is 18.6 Å². The molecule has 0 aliphatic rings. The maximum Gasteiger partial charge on any atom is 0.355 e. The SMILES string of the molecule is CCCCN(C)C(=O)Cn1nncc1C(=O)O. The lowest BCUT2D eigenvalue weighted by atomic mass is 10.3. The van der Waals surface area contributed by atoms with E-state index in [2.05, 4.69) is 10.3 Å². The predicted octanol–water partition coefficient (Wildman–Crippen LogP) is 0.235. The third-order valence-electron chi connectivity index (χ3n) is 2.39. The first-order chi connectivity index (χ1) is 8.06. The Labute approximate surface area is 99.0 Å². The molecule has 0 saturated heterocycles. The zero-order valence-electron chi connectivity index (χ0n) is 9.96. The number of aromatic nitrogens is 3. The normalized spacial score (nSPS) is 10.2. The molecule has 94 valence electrons. The number of hydrogen-bond donors (Lipinski definition) is 1. The first-order valence-corrected chi connectivity index (χ1v) is 5.42. The largest absolute Gasteiger partial charge is 0.476 e. The van der Waals surface area contributed by atoms with Crippen LogP contribution in [0.5, 0.6) is 0 Å². The van der Waals surface area contributed by atoms with Crippen LogP contribution in [0.25, 0.3) is 0 Å². The first kappa shape index (κ1) is 13.1. The van der Waals surface area contributed by atoms with E-state index in [1.165, 1.54) is 0 Å². The molecule has 17 heavy (non-hydrogen) atoms. The zero-order valence-corrected chi connectivity index (χ0v) is 9.96. The quantitative estimate of drug-likeness (QED) is 0.769. The second kappa shape index (κ2) is 5.97. The highest BCUT2D eigenvalue weighted by molar-refractivity contribution is 5.86. The average Bonchev–Trinajstić information content (AvgIpc) is 2.73. The van der Waals surface area contributed by atoms with Crippen molar-refractivity contribution >= 4 is 11.9 Å². The van der Waals surface area contributed by atoms with Crippen molar-refractivity contribution in [3.63, 3.8) is 0 Å². The number of nitrogens with zero attached hydrogens (tertiary/aromatic N) is 4. The number of hydrogen-bond acceptors (Lipinski definition) is 4. The molecule has 0 spiro atoms. The van der Waals surface area contributed by atoms with Crippen molar-refractivity contribution in [3.05, 3.63) is 11.9 Å². The number of carboxylic acid groups (broad SMARTS) is 1. The van der Waals surface area contributed by atoms with Gasteiger partial charge in [-0.15, -0.1) is 5.10 Å². The van der Waals surface area contributed by atoms with Crippen LogP contribution in [0.1, 0.15) is 30.3 Å². The summed E-state index contributed by atoms with van der Waals surface area (Å²) in [6.45, 7) is 2.60. The van der Waals surface area contributed by atoms with Gasteiger partial charge in [-0.2, -0.15) is 0 Å². The van der Waals surface area contributed by atoms with Crippen LogP contribution < -0.4 is 0 Å². The minimum atomic E-state index is -1.14. The molecule has 1 heterocycles. The van der Waals surface area contributed by atoms with Crippen molar-refractivity contribution in [1.29, 1.82) is 0 Å². The maximum absolute atomic E-state index is 11.7. The lowest BCUT2D eigenvalue weighted by Crippen LogP contribution is -2.32. The minimum absolute atomic E-state index is 0.0813. The van der Waals surface area contributed by atoms with E-state index in [0.717, 1.165) is 23.7 Å². The van der Waals surface area contributed by atoms with Crippen molar-refractivity contribution in [2.24, 2.45) is 0 Å². The van der Waals surface area contributed by atoms with Crippen molar-refractivity contribution < 1.29 is 14.7 Å². The number of carbonyl (C=O) groups excluding carboxylic acids is 1. The zero-order chi connectivity index (χ0) is 12.8. The molecule has 0 aliphatic heterocycles. The summed E-state index contributed by atoms with van der Waals surface area (Å²) in [5.41, 5.74) is -0.0813. The van der Waals surface area contributed by atoms with Crippen molar-refractivity contribution in [2.45, 2.75) is 26.3 Å². The van der Waals surface area contributed by atoms with E-state index in [1.54, 1.807) is 11.9 Å². The molecule has 0 aliphatic carbocycles. The Morgan fingerprint density at radius 1 is 1.53 bits per heavy atom. The van der Waals surface area contributed by atoms with E-state index >= 15 is 0 Å². The number of likely N-dealkylation sites (N-methyl/N-ethyl adjacent to an activating group) is 1. The van der Waals surface area contributed by atoms with Crippen LogP contribution in [0, 0.1) is 0 Å². The number of aromatic carboxylic acids is 1. The van der Waals surface area contributed by atoms with E-state index in [4.69, 9.17) is 5.11 Å². The van der Waals surface area contributed by atoms with E-state index < -0.39 is 5.97 Å². The van der Waals surface area contributed by atoms with Gasteiger partial charge in [-0.25, -0.2) is 9.48 Å². The fraction of sp³-hybridized carbons (Fsp3) is 0.600.